The number of piperidine rings is 1. The average molecular weight is 434 g/mol. The Labute approximate surface area is 187 Å². The predicted molar refractivity (Wildman–Crippen MR) is 128 cm³/mol. The number of nitrogens with one attached hydrogen (secondary N) is 1. The molecule has 2 aromatic carbocycles. The zero-order chi connectivity index (χ0) is 21.3. The summed E-state index contributed by atoms with van der Waals surface area (Å²) in [4.78, 5) is 14.6. The molecule has 1 amide bonds. The summed E-state index contributed by atoms with van der Waals surface area (Å²) in [5, 5.41) is 4.04. The average Bonchev–Trinajstić information content (AvgIpc) is 3.30. The third-order valence-corrected chi connectivity index (χ3v) is 6.31. The van der Waals surface area contributed by atoms with Crippen molar-refractivity contribution in [2.45, 2.75) is 30.8 Å². The van der Waals surface area contributed by atoms with Gasteiger partial charge in [0.1, 0.15) is 5.76 Å². The number of benzene rings is 2. The number of hydrazone groups is 1. The highest BCUT2D eigenvalue weighted by Gasteiger charge is 2.13. The van der Waals surface area contributed by atoms with E-state index in [1.807, 2.05) is 54.2 Å². The Bertz CT molecular complexity index is 993. The minimum Gasteiger partial charge on any atom is -0.440 e. The zero-order valence-electron chi connectivity index (χ0n) is 17.5. The van der Waals surface area contributed by atoms with Crippen molar-refractivity contribution in [1.29, 1.82) is 0 Å². The molecule has 160 valence electrons. The van der Waals surface area contributed by atoms with Gasteiger partial charge in [0.05, 0.1) is 6.21 Å². The zero-order valence-corrected chi connectivity index (χ0v) is 18.3. The van der Waals surface area contributed by atoms with Crippen LogP contribution in [0.25, 0.3) is 0 Å². The third-order valence-electron chi connectivity index (χ3n) is 5.23. The number of carbonyl (C=O) groups is 1. The van der Waals surface area contributed by atoms with Gasteiger partial charge in [0, 0.05) is 36.2 Å². The Morgan fingerprint density at radius 2 is 1.65 bits per heavy atom. The van der Waals surface area contributed by atoms with E-state index in [2.05, 4.69) is 39.7 Å². The molecule has 1 aliphatic rings. The topological polar surface area (TPSA) is 57.8 Å². The van der Waals surface area contributed by atoms with Gasteiger partial charge in [0.25, 0.3) is 5.91 Å². The van der Waals surface area contributed by atoms with Crippen LogP contribution in [0.2, 0.25) is 0 Å². The van der Waals surface area contributed by atoms with Gasteiger partial charge < -0.3 is 9.32 Å². The molecule has 1 aromatic heterocycles. The Morgan fingerprint density at radius 3 is 2.39 bits per heavy atom. The van der Waals surface area contributed by atoms with Crippen molar-refractivity contribution in [2.24, 2.45) is 5.10 Å². The quantitative estimate of drug-likeness (QED) is 0.378. The fourth-order valence-corrected chi connectivity index (χ4v) is 4.49. The van der Waals surface area contributed by atoms with Gasteiger partial charge >= 0.3 is 0 Å². The second-order valence-corrected chi connectivity index (χ2v) is 8.58. The Balaban J connectivity index is 1.23. The summed E-state index contributed by atoms with van der Waals surface area (Å²) in [7, 11) is 0. The van der Waals surface area contributed by atoms with E-state index in [9.17, 15) is 4.79 Å². The first-order chi connectivity index (χ1) is 15.3. The molecule has 1 saturated heterocycles. The van der Waals surface area contributed by atoms with Gasteiger partial charge in [0.15, 0.2) is 5.88 Å². The van der Waals surface area contributed by atoms with Crippen LogP contribution in [0.1, 0.15) is 46.5 Å². The molecular weight excluding hydrogens is 406 g/mol. The molecular formula is C25H27N3O2S. The van der Waals surface area contributed by atoms with Crippen LogP contribution in [0.3, 0.4) is 0 Å². The number of hydrogen-bond acceptors (Lipinski definition) is 5. The maximum Gasteiger partial charge on any atom is 0.271 e. The van der Waals surface area contributed by atoms with Gasteiger partial charge in [-0.1, -0.05) is 42.5 Å². The first-order valence-corrected chi connectivity index (χ1v) is 11.8. The largest absolute Gasteiger partial charge is 0.440 e. The van der Waals surface area contributed by atoms with Crippen LogP contribution in [0, 0.1) is 0 Å². The van der Waals surface area contributed by atoms with Crippen LogP contribution >= 0.6 is 11.8 Å². The van der Waals surface area contributed by atoms with Gasteiger partial charge in [-0.05, 0) is 48.6 Å². The SMILES string of the molecule is O=C(N/N=C\c1ccc(N2CCCCC2)o1)c1ccc(CSCc2ccccc2)cc1. The van der Waals surface area contributed by atoms with Gasteiger partial charge in [-0.15, -0.1) is 0 Å². The number of rotatable bonds is 8. The standard InChI is InChI=1S/C25H27N3O2S/c29-25(27-26-17-23-13-14-24(30-23)28-15-5-2-6-16-28)22-11-9-21(10-12-22)19-31-18-20-7-3-1-4-8-20/h1,3-4,7-14,17H,2,5-6,15-16,18-19H2,(H,27,29)/b26-17-. The Hall–Kier alpha value is -2.99. The number of nitrogens with zero attached hydrogens (tertiary/aromatic N) is 2. The summed E-state index contributed by atoms with van der Waals surface area (Å²) < 4.78 is 5.82. The summed E-state index contributed by atoms with van der Waals surface area (Å²) in [6.45, 7) is 2.06. The fourth-order valence-electron chi connectivity index (χ4n) is 3.53. The molecule has 0 aliphatic carbocycles. The molecule has 0 unspecified atom stereocenters. The molecule has 6 heteroatoms. The van der Waals surface area contributed by atoms with E-state index in [1.54, 1.807) is 6.21 Å². The van der Waals surface area contributed by atoms with Crippen LogP contribution in [0.5, 0.6) is 0 Å². The minimum atomic E-state index is -0.234. The van der Waals surface area contributed by atoms with E-state index in [-0.39, 0.29) is 5.91 Å². The normalized spacial score (nSPS) is 14.1. The van der Waals surface area contributed by atoms with Crippen molar-refractivity contribution >= 4 is 29.8 Å². The summed E-state index contributed by atoms with van der Waals surface area (Å²) in [5.41, 5.74) is 5.67. The van der Waals surface area contributed by atoms with Crippen LogP contribution in [-0.2, 0) is 11.5 Å². The number of furan rings is 1. The van der Waals surface area contributed by atoms with Crippen LogP contribution in [-0.4, -0.2) is 25.2 Å². The van der Waals surface area contributed by atoms with E-state index in [0.717, 1.165) is 30.5 Å². The van der Waals surface area contributed by atoms with Crippen molar-refractivity contribution in [2.75, 3.05) is 18.0 Å². The first kappa shape index (κ1) is 21.2. The van der Waals surface area contributed by atoms with Crippen molar-refractivity contribution in [3.63, 3.8) is 0 Å². The fraction of sp³-hybridized carbons (Fsp3) is 0.280. The second kappa shape index (κ2) is 10.9. The first-order valence-electron chi connectivity index (χ1n) is 10.7. The third kappa shape index (κ3) is 6.25. The molecule has 0 bridgehead atoms. The molecule has 0 radical (unpaired) electrons. The number of amides is 1. The molecule has 4 rings (SSSR count). The molecule has 0 spiro atoms. The molecule has 1 N–H and O–H groups in total. The van der Waals surface area contributed by atoms with E-state index in [4.69, 9.17) is 4.42 Å². The lowest BCUT2D eigenvalue weighted by Crippen LogP contribution is -2.28. The van der Waals surface area contributed by atoms with E-state index in [0.29, 0.717) is 11.3 Å². The Kier molecular flexibility index (Phi) is 7.45. The van der Waals surface area contributed by atoms with Gasteiger partial charge in [0.2, 0.25) is 0 Å². The van der Waals surface area contributed by atoms with E-state index < -0.39 is 0 Å². The van der Waals surface area contributed by atoms with Crippen molar-refractivity contribution < 1.29 is 9.21 Å². The van der Waals surface area contributed by atoms with E-state index >= 15 is 0 Å². The van der Waals surface area contributed by atoms with Crippen LogP contribution in [0.4, 0.5) is 5.88 Å². The number of thioether (sulfide) groups is 1. The second-order valence-electron chi connectivity index (χ2n) is 7.60. The lowest BCUT2D eigenvalue weighted by Gasteiger charge is -2.25. The Morgan fingerprint density at radius 1 is 0.935 bits per heavy atom. The van der Waals surface area contributed by atoms with Gasteiger partial charge in [-0.25, -0.2) is 5.43 Å². The maximum absolute atomic E-state index is 12.3. The highest BCUT2D eigenvalue weighted by atomic mass is 32.2. The minimum absolute atomic E-state index is 0.234. The van der Waals surface area contributed by atoms with Crippen LogP contribution < -0.4 is 10.3 Å². The van der Waals surface area contributed by atoms with Crippen molar-refractivity contribution in [3.8, 4) is 0 Å². The maximum atomic E-state index is 12.3. The summed E-state index contributed by atoms with van der Waals surface area (Å²) in [5.74, 6) is 3.15. The lowest BCUT2D eigenvalue weighted by molar-refractivity contribution is 0.0955. The summed E-state index contributed by atoms with van der Waals surface area (Å²) in [6, 6.07) is 21.9. The highest BCUT2D eigenvalue weighted by Crippen LogP contribution is 2.22. The number of anilines is 1. The van der Waals surface area contributed by atoms with Crippen molar-refractivity contribution in [1.82, 2.24) is 5.43 Å². The molecule has 0 saturated carbocycles. The van der Waals surface area contributed by atoms with Crippen molar-refractivity contribution in [3.05, 3.63) is 89.2 Å². The molecule has 3 aromatic rings. The van der Waals surface area contributed by atoms with E-state index in [1.165, 1.54) is 30.4 Å². The highest BCUT2D eigenvalue weighted by molar-refractivity contribution is 7.97. The predicted octanol–water partition coefficient (Wildman–Crippen LogP) is 5.47. The molecule has 0 atom stereocenters. The molecule has 31 heavy (non-hydrogen) atoms. The summed E-state index contributed by atoms with van der Waals surface area (Å²) in [6.07, 6.45) is 5.22. The number of hydrogen-bond donors (Lipinski definition) is 1. The number of carbonyl (C=O) groups excluding carboxylic acids is 1. The molecule has 1 fully saturated rings. The van der Waals surface area contributed by atoms with Gasteiger partial charge in [-0.3, -0.25) is 4.79 Å². The lowest BCUT2D eigenvalue weighted by atomic mass is 10.1. The smallest absolute Gasteiger partial charge is 0.271 e. The van der Waals surface area contributed by atoms with Gasteiger partial charge in [-0.2, -0.15) is 16.9 Å². The molecule has 2 heterocycles. The molecule has 1 aliphatic heterocycles. The van der Waals surface area contributed by atoms with Crippen LogP contribution in [0.15, 0.2) is 76.2 Å². The molecule has 5 nitrogen and oxygen atoms in total. The summed E-state index contributed by atoms with van der Waals surface area (Å²) >= 11 is 1.86. The monoisotopic (exact) mass is 433 g/mol.